The van der Waals surface area contributed by atoms with Gasteiger partial charge in [-0.15, -0.1) is 16.9 Å². The Hall–Kier alpha value is -1.53. The van der Waals surface area contributed by atoms with Crippen LogP contribution in [0.1, 0.15) is 30.1 Å². The van der Waals surface area contributed by atoms with E-state index in [1.807, 2.05) is 11.8 Å². The Balaban J connectivity index is 1.55. The lowest BCUT2D eigenvalue weighted by atomic mass is 10.0. The predicted molar refractivity (Wildman–Crippen MR) is 84.8 cm³/mol. The molecule has 0 saturated carbocycles. The number of nitrogens with one attached hydrogen (secondary N) is 1. The molecule has 1 unspecified atom stereocenters. The Kier molecular flexibility index (Phi) is 3.35. The van der Waals surface area contributed by atoms with Crippen LogP contribution in [0.2, 0.25) is 0 Å². The van der Waals surface area contributed by atoms with Gasteiger partial charge in [0, 0.05) is 29.8 Å². The van der Waals surface area contributed by atoms with Crippen LogP contribution in [0.4, 0.5) is 5.95 Å². The summed E-state index contributed by atoms with van der Waals surface area (Å²) in [5.74, 6) is 3.18. The summed E-state index contributed by atoms with van der Waals surface area (Å²) in [6.45, 7) is 1.91. The fourth-order valence-corrected chi connectivity index (χ4v) is 4.29. The highest BCUT2D eigenvalue weighted by molar-refractivity contribution is 7.99. The van der Waals surface area contributed by atoms with Crippen molar-refractivity contribution in [3.63, 3.8) is 0 Å². The van der Waals surface area contributed by atoms with Gasteiger partial charge in [0.25, 0.3) is 0 Å². The second-order valence-electron chi connectivity index (χ2n) is 5.75. The van der Waals surface area contributed by atoms with Crippen LogP contribution in [-0.4, -0.2) is 40.1 Å². The summed E-state index contributed by atoms with van der Waals surface area (Å²) in [5.41, 5.74) is 7.32. The number of fused-ring (bicyclic) bond motifs is 1. The average Bonchev–Trinajstić information content (AvgIpc) is 3.14. The number of thioether (sulfide) groups is 1. The Labute approximate surface area is 128 Å². The Morgan fingerprint density at radius 1 is 1.24 bits per heavy atom. The number of rotatable bonds is 2. The van der Waals surface area contributed by atoms with Crippen molar-refractivity contribution < 1.29 is 0 Å². The van der Waals surface area contributed by atoms with Crippen LogP contribution >= 0.6 is 11.8 Å². The van der Waals surface area contributed by atoms with E-state index in [1.165, 1.54) is 10.5 Å². The third-order valence-electron chi connectivity index (χ3n) is 4.34. The monoisotopic (exact) mass is 301 g/mol. The molecule has 3 heterocycles. The fourth-order valence-electron chi connectivity index (χ4n) is 3.05. The van der Waals surface area contributed by atoms with E-state index in [2.05, 4.69) is 39.4 Å². The number of aromatic nitrogens is 3. The second kappa shape index (κ2) is 5.35. The molecule has 21 heavy (non-hydrogen) atoms. The van der Waals surface area contributed by atoms with Crippen molar-refractivity contribution in [2.24, 2.45) is 5.73 Å². The molecule has 1 aromatic heterocycles. The number of aromatic amines is 1. The highest BCUT2D eigenvalue weighted by Crippen LogP contribution is 2.41. The van der Waals surface area contributed by atoms with Gasteiger partial charge in [-0.1, -0.05) is 18.2 Å². The number of benzene rings is 1. The van der Waals surface area contributed by atoms with Crippen molar-refractivity contribution in [2.45, 2.75) is 29.7 Å². The van der Waals surface area contributed by atoms with Gasteiger partial charge in [0.05, 0.1) is 5.92 Å². The zero-order valence-corrected chi connectivity index (χ0v) is 12.6. The molecule has 0 bridgehead atoms. The molecule has 110 valence electrons. The molecule has 0 radical (unpaired) electrons. The first-order valence-corrected chi connectivity index (χ1v) is 8.44. The van der Waals surface area contributed by atoms with Gasteiger partial charge in [-0.3, -0.25) is 5.10 Å². The first-order valence-electron chi connectivity index (χ1n) is 7.46. The highest BCUT2D eigenvalue weighted by atomic mass is 32.2. The molecular formula is C15H19N5S. The van der Waals surface area contributed by atoms with Gasteiger partial charge in [0.15, 0.2) is 0 Å². The first-order chi connectivity index (χ1) is 10.3. The van der Waals surface area contributed by atoms with Crippen molar-refractivity contribution >= 4 is 17.7 Å². The van der Waals surface area contributed by atoms with Crippen LogP contribution < -0.4 is 10.6 Å². The second-order valence-corrected chi connectivity index (χ2v) is 6.81. The van der Waals surface area contributed by atoms with Crippen molar-refractivity contribution in [1.29, 1.82) is 0 Å². The Morgan fingerprint density at radius 2 is 2.05 bits per heavy atom. The molecule has 1 fully saturated rings. The summed E-state index contributed by atoms with van der Waals surface area (Å²) < 4.78 is 0. The van der Waals surface area contributed by atoms with E-state index in [4.69, 9.17) is 10.7 Å². The van der Waals surface area contributed by atoms with Gasteiger partial charge in [-0.25, -0.2) is 0 Å². The van der Waals surface area contributed by atoms with E-state index in [1.54, 1.807) is 0 Å². The lowest BCUT2D eigenvalue weighted by Crippen LogP contribution is -2.40. The Bertz CT molecular complexity index is 632. The van der Waals surface area contributed by atoms with Crippen molar-refractivity contribution in [1.82, 2.24) is 15.2 Å². The topological polar surface area (TPSA) is 70.8 Å². The zero-order valence-electron chi connectivity index (χ0n) is 11.8. The van der Waals surface area contributed by atoms with Gasteiger partial charge < -0.3 is 10.6 Å². The number of anilines is 1. The number of H-pyrrole nitrogens is 1. The molecule has 1 atom stereocenters. The van der Waals surface area contributed by atoms with E-state index in [-0.39, 0.29) is 0 Å². The number of piperidine rings is 1. The smallest absolute Gasteiger partial charge is 0.244 e. The van der Waals surface area contributed by atoms with Gasteiger partial charge >= 0.3 is 0 Å². The maximum Gasteiger partial charge on any atom is 0.244 e. The van der Waals surface area contributed by atoms with Gasteiger partial charge in [0.2, 0.25) is 5.95 Å². The van der Waals surface area contributed by atoms with Crippen molar-refractivity contribution in [2.75, 3.05) is 23.7 Å². The molecule has 1 saturated heterocycles. The van der Waals surface area contributed by atoms with Crippen LogP contribution in [0.25, 0.3) is 0 Å². The van der Waals surface area contributed by atoms with Crippen LogP contribution in [0.3, 0.4) is 0 Å². The van der Waals surface area contributed by atoms with Crippen molar-refractivity contribution in [3.8, 4) is 0 Å². The molecular weight excluding hydrogens is 282 g/mol. The number of nitrogens with two attached hydrogens (primary N) is 1. The molecule has 4 rings (SSSR count). The van der Waals surface area contributed by atoms with Crippen LogP contribution in [0.15, 0.2) is 29.2 Å². The zero-order chi connectivity index (χ0) is 14.2. The van der Waals surface area contributed by atoms with Crippen LogP contribution in [0.5, 0.6) is 0 Å². The maximum atomic E-state index is 5.95. The molecule has 3 N–H and O–H groups in total. The standard InChI is InChI=1S/C15H19N5S/c16-10-5-7-20(8-6-10)15-17-14(18-19-15)12-9-21-13-4-2-1-3-11(12)13/h1-4,10,12H,5-9,16H2,(H,17,18,19). The molecule has 0 aliphatic carbocycles. The summed E-state index contributed by atoms with van der Waals surface area (Å²) in [7, 11) is 0. The number of hydrogen-bond donors (Lipinski definition) is 2. The highest BCUT2D eigenvalue weighted by Gasteiger charge is 2.28. The third kappa shape index (κ3) is 2.42. The van der Waals surface area contributed by atoms with Crippen molar-refractivity contribution in [3.05, 3.63) is 35.7 Å². The van der Waals surface area contributed by atoms with Gasteiger partial charge in [0.1, 0.15) is 5.82 Å². The van der Waals surface area contributed by atoms with Crippen LogP contribution in [-0.2, 0) is 0 Å². The normalized spacial score (nSPS) is 22.5. The minimum absolute atomic E-state index is 0.331. The average molecular weight is 301 g/mol. The molecule has 0 amide bonds. The van der Waals surface area contributed by atoms with Gasteiger partial charge in [-0.05, 0) is 24.5 Å². The summed E-state index contributed by atoms with van der Waals surface area (Å²) in [4.78, 5) is 8.34. The van der Waals surface area contributed by atoms with E-state index >= 15 is 0 Å². The fraction of sp³-hybridized carbons (Fsp3) is 0.467. The maximum absolute atomic E-state index is 5.95. The SMILES string of the molecule is NC1CCN(c2n[nH]c(C3CSc4ccccc43)n2)CC1. The van der Waals surface area contributed by atoms with Gasteiger partial charge in [-0.2, -0.15) is 4.98 Å². The minimum Gasteiger partial charge on any atom is -0.339 e. The molecule has 2 aliphatic heterocycles. The number of hydrogen-bond acceptors (Lipinski definition) is 5. The van der Waals surface area contributed by atoms with E-state index in [0.29, 0.717) is 12.0 Å². The first kappa shape index (κ1) is 13.2. The number of nitrogens with zero attached hydrogens (tertiary/aromatic N) is 3. The quantitative estimate of drug-likeness (QED) is 0.887. The summed E-state index contributed by atoms with van der Waals surface area (Å²) >= 11 is 1.90. The molecule has 2 aromatic rings. The van der Waals surface area contributed by atoms with E-state index < -0.39 is 0 Å². The van der Waals surface area contributed by atoms with E-state index in [9.17, 15) is 0 Å². The predicted octanol–water partition coefficient (Wildman–Crippen LogP) is 1.97. The molecule has 5 nitrogen and oxygen atoms in total. The lowest BCUT2D eigenvalue weighted by Gasteiger charge is -2.28. The summed E-state index contributed by atoms with van der Waals surface area (Å²) in [6.07, 6.45) is 2.04. The Morgan fingerprint density at radius 3 is 2.90 bits per heavy atom. The molecule has 0 spiro atoms. The minimum atomic E-state index is 0.331. The summed E-state index contributed by atoms with van der Waals surface area (Å²) in [6, 6.07) is 8.90. The lowest BCUT2D eigenvalue weighted by molar-refractivity contribution is 0.496. The summed E-state index contributed by atoms with van der Waals surface area (Å²) in [5, 5.41) is 7.57. The third-order valence-corrected chi connectivity index (χ3v) is 5.53. The van der Waals surface area contributed by atoms with Crippen LogP contribution in [0, 0.1) is 0 Å². The molecule has 6 heteroatoms. The molecule has 2 aliphatic rings. The molecule has 1 aromatic carbocycles. The van der Waals surface area contributed by atoms with E-state index in [0.717, 1.165) is 43.5 Å². The largest absolute Gasteiger partial charge is 0.339 e.